The zero-order valence-corrected chi connectivity index (χ0v) is 14.8. The van der Waals surface area contributed by atoms with Crippen LogP contribution in [0.15, 0.2) is 54.6 Å². The lowest BCUT2D eigenvalue weighted by Gasteiger charge is -2.35. The summed E-state index contributed by atoms with van der Waals surface area (Å²) < 4.78 is 5.22. The highest BCUT2D eigenvalue weighted by Crippen LogP contribution is 2.47. The smallest absolute Gasteiger partial charge is 0.224 e. The fourth-order valence-electron chi connectivity index (χ4n) is 3.13. The Morgan fingerprint density at radius 2 is 2.12 bits per heavy atom. The molecule has 2 aromatic rings. The molecule has 2 unspecified atom stereocenters. The Morgan fingerprint density at radius 1 is 1.32 bits per heavy atom. The van der Waals surface area contributed by atoms with E-state index in [1.807, 2.05) is 55.5 Å². The summed E-state index contributed by atoms with van der Waals surface area (Å²) in [5.41, 5.74) is 9.70. The van der Waals surface area contributed by atoms with Gasteiger partial charge in [-0.15, -0.1) is 11.6 Å². The molecule has 0 saturated heterocycles. The van der Waals surface area contributed by atoms with Crippen LogP contribution >= 0.6 is 11.6 Å². The molecule has 1 aliphatic carbocycles. The van der Waals surface area contributed by atoms with E-state index in [0.29, 0.717) is 17.1 Å². The maximum Gasteiger partial charge on any atom is 0.224 e. The Morgan fingerprint density at radius 3 is 2.80 bits per heavy atom. The molecule has 25 heavy (non-hydrogen) atoms. The van der Waals surface area contributed by atoms with Crippen molar-refractivity contribution in [2.45, 2.75) is 17.7 Å². The van der Waals surface area contributed by atoms with Crippen molar-refractivity contribution in [3.05, 3.63) is 71.4 Å². The molecular weight excluding hydrogens is 336 g/mol. The van der Waals surface area contributed by atoms with Gasteiger partial charge in [0.05, 0.1) is 23.2 Å². The van der Waals surface area contributed by atoms with E-state index >= 15 is 0 Å². The number of allylic oxidation sites excluding steroid dienone is 4. The highest BCUT2D eigenvalue weighted by atomic mass is 35.5. The number of carbonyl (C=O) groups is 1. The van der Waals surface area contributed by atoms with Gasteiger partial charge in [0.15, 0.2) is 6.29 Å². The molecule has 1 aliphatic rings. The van der Waals surface area contributed by atoms with Crippen molar-refractivity contribution in [2.75, 3.05) is 12.8 Å². The summed E-state index contributed by atoms with van der Waals surface area (Å²) in [5, 5.41) is 0. The first-order valence-electron chi connectivity index (χ1n) is 7.91. The minimum atomic E-state index is -0.719. The number of anilines is 1. The number of rotatable bonds is 4. The van der Waals surface area contributed by atoms with Crippen LogP contribution in [0, 0.1) is 0 Å². The molecule has 1 aromatic carbocycles. The highest BCUT2D eigenvalue weighted by molar-refractivity contribution is 6.31. The van der Waals surface area contributed by atoms with Crippen LogP contribution in [0.25, 0.3) is 5.57 Å². The standard InChI is InChI=1S/C20H19ClN2O2/c1-20(21)16(13-5-3-6-15(22)11-13)7-4-8-17(20)18-10-9-14(12-24)19(23-18)25-2/h3-12,17H,22H2,1-2H3. The first-order valence-corrected chi connectivity index (χ1v) is 8.29. The number of nitrogens with two attached hydrogens (primary N) is 1. The van der Waals surface area contributed by atoms with Gasteiger partial charge in [0, 0.05) is 11.6 Å². The fourth-order valence-corrected chi connectivity index (χ4v) is 3.48. The van der Waals surface area contributed by atoms with Crippen molar-refractivity contribution in [1.82, 2.24) is 4.98 Å². The van der Waals surface area contributed by atoms with E-state index in [2.05, 4.69) is 4.98 Å². The van der Waals surface area contributed by atoms with Gasteiger partial charge < -0.3 is 10.5 Å². The molecular formula is C20H19ClN2O2. The molecule has 2 N–H and O–H groups in total. The Bertz CT molecular complexity index is 872. The maximum absolute atomic E-state index is 11.1. The summed E-state index contributed by atoms with van der Waals surface area (Å²) in [6.07, 6.45) is 6.69. The van der Waals surface area contributed by atoms with Crippen molar-refractivity contribution < 1.29 is 9.53 Å². The van der Waals surface area contributed by atoms with Crippen LogP contribution in [-0.4, -0.2) is 23.3 Å². The minimum Gasteiger partial charge on any atom is -0.480 e. The lowest BCUT2D eigenvalue weighted by molar-refractivity contribution is 0.112. The number of carbonyl (C=O) groups excluding carboxylic acids is 1. The molecule has 2 atom stereocenters. The summed E-state index contributed by atoms with van der Waals surface area (Å²) in [6, 6.07) is 11.2. The Hall–Kier alpha value is -2.59. The normalized spacial score (nSPS) is 22.4. The zero-order valence-electron chi connectivity index (χ0n) is 14.1. The molecule has 1 heterocycles. The Kier molecular flexibility index (Phi) is 4.64. The maximum atomic E-state index is 11.1. The third kappa shape index (κ3) is 3.17. The molecule has 0 saturated carbocycles. The fraction of sp³-hybridized carbons (Fsp3) is 0.200. The van der Waals surface area contributed by atoms with Crippen molar-refractivity contribution in [3.8, 4) is 5.88 Å². The molecule has 0 radical (unpaired) electrons. The average Bonchev–Trinajstić information content (AvgIpc) is 2.60. The number of pyridine rings is 1. The molecule has 4 nitrogen and oxygen atoms in total. The van der Waals surface area contributed by atoms with Crippen molar-refractivity contribution >= 4 is 29.1 Å². The molecule has 0 amide bonds. The average molecular weight is 355 g/mol. The van der Waals surface area contributed by atoms with E-state index in [1.54, 1.807) is 6.07 Å². The zero-order chi connectivity index (χ0) is 18.0. The summed E-state index contributed by atoms with van der Waals surface area (Å²) >= 11 is 6.98. The number of halogens is 1. The van der Waals surface area contributed by atoms with Gasteiger partial charge in [0.1, 0.15) is 0 Å². The van der Waals surface area contributed by atoms with Crippen LogP contribution < -0.4 is 10.5 Å². The van der Waals surface area contributed by atoms with Gasteiger partial charge in [-0.05, 0) is 42.3 Å². The summed E-state index contributed by atoms with van der Waals surface area (Å²) in [5.74, 6) is 0.124. The third-order valence-corrected chi connectivity index (χ3v) is 4.86. The molecule has 0 aliphatic heterocycles. The second kappa shape index (κ2) is 6.73. The third-order valence-electron chi connectivity index (χ3n) is 4.42. The van der Waals surface area contributed by atoms with Gasteiger partial charge in [-0.25, -0.2) is 4.98 Å². The number of hydrogen-bond donors (Lipinski definition) is 1. The highest BCUT2D eigenvalue weighted by Gasteiger charge is 2.38. The van der Waals surface area contributed by atoms with Crippen LogP contribution in [0.2, 0.25) is 0 Å². The predicted molar refractivity (Wildman–Crippen MR) is 101 cm³/mol. The van der Waals surface area contributed by atoms with E-state index in [1.165, 1.54) is 7.11 Å². The van der Waals surface area contributed by atoms with Gasteiger partial charge >= 0.3 is 0 Å². The second-order valence-corrected chi connectivity index (χ2v) is 6.88. The summed E-state index contributed by atoms with van der Waals surface area (Å²) in [7, 11) is 1.49. The number of hydrogen-bond acceptors (Lipinski definition) is 4. The molecule has 5 heteroatoms. The minimum absolute atomic E-state index is 0.176. The lowest BCUT2D eigenvalue weighted by Crippen LogP contribution is -2.29. The number of aldehydes is 1. The van der Waals surface area contributed by atoms with Crippen LogP contribution in [-0.2, 0) is 0 Å². The van der Waals surface area contributed by atoms with E-state index in [-0.39, 0.29) is 5.92 Å². The number of aromatic nitrogens is 1. The monoisotopic (exact) mass is 354 g/mol. The number of ether oxygens (including phenoxy) is 1. The Balaban J connectivity index is 2.04. The van der Waals surface area contributed by atoms with Gasteiger partial charge in [0.25, 0.3) is 0 Å². The molecule has 1 aromatic heterocycles. The summed E-state index contributed by atoms with van der Waals surface area (Å²) in [6.45, 7) is 1.96. The second-order valence-electron chi connectivity index (χ2n) is 6.10. The van der Waals surface area contributed by atoms with Gasteiger partial charge in [-0.3, -0.25) is 4.79 Å². The van der Waals surface area contributed by atoms with Crippen LogP contribution in [0.1, 0.15) is 34.5 Å². The van der Waals surface area contributed by atoms with E-state index in [0.717, 1.165) is 23.1 Å². The van der Waals surface area contributed by atoms with Crippen LogP contribution in [0.4, 0.5) is 5.69 Å². The first kappa shape index (κ1) is 17.2. The SMILES string of the molecule is COc1nc(C2C=CC=C(c3cccc(N)c3)C2(C)Cl)ccc1C=O. The van der Waals surface area contributed by atoms with E-state index in [9.17, 15) is 4.79 Å². The number of alkyl halides is 1. The van der Waals surface area contributed by atoms with Crippen molar-refractivity contribution in [2.24, 2.45) is 0 Å². The summed E-state index contributed by atoms with van der Waals surface area (Å²) in [4.78, 5) is 14.9. The molecule has 128 valence electrons. The van der Waals surface area contributed by atoms with Gasteiger partial charge in [-0.2, -0.15) is 0 Å². The van der Waals surface area contributed by atoms with Gasteiger partial charge in [-0.1, -0.05) is 30.4 Å². The quantitative estimate of drug-likeness (QED) is 0.507. The molecule has 3 rings (SSSR count). The number of nitrogens with zero attached hydrogens (tertiary/aromatic N) is 1. The topological polar surface area (TPSA) is 65.2 Å². The Labute approximate surface area is 152 Å². The van der Waals surface area contributed by atoms with Crippen LogP contribution in [0.3, 0.4) is 0 Å². The predicted octanol–water partition coefficient (Wildman–Crippen LogP) is 4.22. The molecule has 0 spiro atoms. The first-order chi connectivity index (χ1) is 12.0. The van der Waals surface area contributed by atoms with Crippen LogP contribution in [0.5, 0.6) is 5.88 Å². The largest absolute Gasteiger partial charge is 0.480 e. The number of methoxy groups -OCH3 is 1. The van der Waals surface area contributed by atoms with E-state index < -0.39 is 4.87 Å². The van der Waals surface area contributed by atoms with Gasteiger partial charge in [0.2, 0.25) is 5.88 Å². The number of benzene rings is 1. The lowest BCUT2D eigenvalue weighted by atomic mass is 9.77. The molecule has 0 bridgehead atoms. The van der Waals surface area contributed by atoms with Crippen molar-refractivity contribution in [3.63, 3.8) is 0 Å². The van der Waals surface area contributed by atoms with E-state index in [4.69, 9.17) is 22.1 Å². The number of nitrogen functional groups attached to an aromatic ring is 1. The molecule has 0 fully saturated rings. The van der Waals surface area contributed by atoms with Crippen molar-refractivity contribution in [1.29, 1.82) is 0 Å².